The highest BCUT2D eigenvalue weighted by Crippen LogP contribution is 2.33. The number of hydrogen-bond acceptors (Lipinski definition) is 5. The molecule has 1 aromatic carbocycles. The Hall–Kier alpha value is -2.54. The molecule has 1 N–H and O–H groups in total. The van der Waals surface area contributed by atoms with E-state index in [9.17, 15) is 4.79 Å². The van der Waals surface area contributed by atoms with Gasteiger partial charge < -0.3 is 14.4 Å². The first-order valence-corrected chi connectivity index (χ1v) is 9.24. The van der Waals surface area contributed by atoms with Crippen molar-refractivity contribution >= 4 is 5.91 Å². The van der Waals surface area contributed by atoms with E-state index in [-0.39, 0.29) is 5.91 Å². The first kappa shape index (κ1) is 15.7. The van der Waals surface area contributed by atoms with Crippen LogP contribution in [0.4, 0.5) is 0 Å². The largest absolute Gasteiger partial charge is 0.454 e. The maximum Gasteiger partial charge on any atom is 0.274 e. The Morgan fingerprint density at radius 2 is 1.96 bits per heavy atom. The standard InChI is InChI=1S/C19H22N4O3/c24-19(18-14-2-1-3-15(14)20-21-18)23-8-6-22(7-9-23)11-13-4-5-16-17(10-13)26-12-25-16/h4-5,10H,1-3,6-9,11-12H2,(H,20,21). The zero-order valence-corrected chi connectivity index (χ0v) is 14.7. The number of carbonyl (C=O) groups is 1. The summed E-state index contributed by atoms with van der Waals surface area (Å²) in [5, 5.41) is 7.32. The van der Waals surface area contributed by atoms with Crippen LogP contribution in [-0.4, -0.2) is 58.9 Å². The van der Waals surface area contributed by atoms with Crippen LogP contribution >= 0.6 is 0 Å². The maximum absolute atomic E-state index is 12.8. The van der Waals surface area contributed by atoms with Crippen LogP contribution < -0.4 is 9.47 Å². The topological polar surface area (TPSA) is 70.7 Å². The zero-order chi connectivity index (χ0) is 17.5. The van der Waals surface area contributed by atoms with Gasteiger partial charge in [-0.15, -0.1) is 0 Å². The van der Waals surface area contributed by atoms with E-state index in [0.29, 0.717) is 12.5 Å². The maximum atomic E-state index is 12.8. The van der Waals surface area contributed by atoms with E-state index in [4.69, 9.17) is 9.47 Å². The van der Waals surface area contributed by atoms with Gasteiger partial charge >= 0.3 is 0 Å². The van der Waals surface area contributed by atoms with Gasteiger partial charge in [-0.25, -0.2) is 0 Å². The summed E-state index contributed by atoms with van der Waals surface area (Å²) < 4.78 is 10.8. The predicted octanol–water partition coefficient (Wildman–Crippen LogP) is 1.59. The van der Waals surface area contributed by atoms with Crippen molar-refractivity contribution in [1.82, 2.24) is 20.0 Å². The third-order valence-electron chi connectivity index (χ3n) is 5.51. The Balaban J connectivity index is 1.20. The molecular weight excluding hydrogens is 332 g/mol. The number of aromatic nitrogens is 2. The number of amides is 1. The van der Waals surface area contributed by atoms with Crippen LogP contribution in [0.3, 0.4) is 0 Å². The fourth-order valence-electron chi connectivity index (χ4n) is 4.05. The summed E-state index contributed by atoms with van der Waals surface area (Å²) in [7, 11) is 0. The number of carbonyl (C=O) groups excluding carboxylic acids is 1. The SMILES string of the molecule is O=C(c1n[nH]c2c1CCC2)N1CCN(Cc2ccc3c(c2)OCO3)CC1. The molecule has 0 atom stereocenters. The van der Waals surface area contributed by atoms with Gasteiger partial charge in [0.25, 0.3) is 5.91 Å². The molecule has 136 valence electrons. The molecule has 7 heteroatoms. The molecule has 3 heterocycles. The van der Waals surface area contributed by atoms with Crippen molar-refractivity contribution in [2.24, 2.45) is 0 Å². The van der Waals surface area contributed by atoms with Gasteiger partial charge in [-0.1, -0.05) is 6.07 Å². The molecule has 0 spiro atoms. The van der Waals surface area contributed by atoms with E-state index in [1.54, 1.807) is 0 Å². The summed E-state index contributed by atoms with van der Waals surface area (Å²) in [6.45, 7) is 4.38. The molecule has 0 unspecified atom stereocenters. The van der Waals surface area contributed by atoms with E-state index >= 15 is 0 Å². The molecule has 3 aliphatic rings. The first-order chi connectivity index (χ1) is 12.8. The fourth-order valence-corrected chi connectivity index (χ4v) is 4.05. The summed E-state index contributed by atoms with van der Waals surface area (Å²) in [4.78, 5) is 17.1. The molecule has 2 aliphatic heterocycles. The number of H-pyrrole nitrogens is 1. The number of ether oxygens (including phenoxy) is 2. The number of piperazine rings is 1. The second-order valence-electron chi connectivity index (χ2n) is 7.14. The molecule has 1 saturated heterocycles. The van der Waals surface area contributed by atoms with Gasteiger partial charge in [0.05, 0.1) is 0 Å². The van der Waals surface area contributed by atoms with Gasteiger partial charge in [-0.05, 0) is 37.0 Å². The van der Waals surface area contributed by atoms with E-state index in [2.05, 4.69) is 21.2 Å². The van der Waals surface area contributed by atoms with Crippen molar-refractivity contribution in [2.75, 3.05) is 33.0 Å². The molecule has 0 radical (unpaired) electrons. The predicted molar refractivity (Wildman–Crippen MR) is 94.4 cm³/mol. The molecular formula is C19H22N4O3. The molecule has 1 fully saturated rings. The smallest absolute Gasteiger partial charge is 0.274 e. The third-order valence-corrected chi connectivity index (χ3v) is 5.51. The Bertz CT molecular complexity index is 839. The number of fused-ring (bicyclic) bond motifs is 2. The lowest BCUT2D eigenvalue weighted by Crippen LogP contribution is -2.48. The summed E-state index contributed by atoms with van der Waals surface area (Å²) in [5.41, 5.74) is 4.13. The van der Waals surface area contributed by atoms with E-state index < -0.39 is 0 Å². The molecule has 1 aromatic heterocycles. The average Bonchev–Trinajstić information content (AvgIpc) is 3.38. The van der Waals surface area contributed by atoms with Crippen LogP contribution in [0.5, 0.6) is 11.5 Å². The quantitative estimate of drug-likeness (QED) is 0.906. The first-order valence-electron chi connectivity index (χ1n) is 9.24. The highest BCUT2D eigenvalue weighted by atomic mass is 16.7. The van der Waals surface area contributed by atoms with E-state index in [1.165, 1.54) is 5.56 Å². The van der Waals surface area contributed by atoms with Crippen molar-refractivity contribution in [3.63, 3.8) is 0 Å². The van der Waals surface area contributed by atoms with Gasteiger partial charge in [-0.3, -0.25) is 14.8 Å². The minimum atomic E-state index is 0.0760. The Morgan fingerprint density at radius 3 is 2.85 bits per heavy atom. The molecule has 2 aromatic rings. The van der Waals surface area contributed by atoms with Gasteiger partial charge in [0.15, 0.2) is 17.2 Å². The molecule has 0 saturated carbocycles. The van der Waals surface area contributed by atoms with Gasteiger partial charge in [0.2, 0.25) is 6.79 Å². The summed E-state index contributed by atoms with van der Waals surface area (Å²) in [6, 6.07) is 6.10. The van der Waals surface area contributed by atoms with Gasteiger partial charge in [0.1, 0.15) is 0 Å². The number of nitrogens with one attached hydrogen (secondary N) is 1. The summed E-state index contributed by atoms with van der Waals surface area (Å²) in [6.07, 6.45) is 3.10. The molecule has 0 bridgehead atoms. The second kappa shape index (κ2) is 6.32. The van der Waals surface area contributed by atoms with Gasteiger partial charge in [-0.2, -0.15) is 5.10 Å². The molecule has 7 nitrogen and oxygen atoms in total. The van der Waals surface area contributed by atoms with Crippen LogP contribution in [0, 0.1) is 0 Å². The number of aryl methyl sites for hydroxylation is 1. The lowest BCUT2D eigenvalue weighted by Gasteiger charge is -2.34. The number of aromatic amines is 1. The Labute approximate surface area is 151 Å². The number of hydrogen-bond donors (Lipinski definition) is 1. The van der Waals surface area contributed by atoms with Crippen molar-refractivity contribution < 1.29 is 14.3 Å². The normalized spacial score (nSPS) is 19.0. The zero-order valence-electron chi connectivity index (χ0n) is 14.7. The highest BCUT2D eigenvalue weighted by molar-refractivity contribution is 5.94. The van der Waals surface area contributed by atoms with Crippen molar-refractivity contribution in [3.05, 3.63) is 40.7 Å². The third kappa shape index (κ3) is 2.72. The monoisotopic (exact) mass is 354 g/mol. The number of nitrogens with zero attached hydrogens (tertiary/aromatic N) is 3. The number of benzene rings is 1. The van der Waals surface area contributed by atoms with Crippen LogP contribution in [0.2, 0.25) is 0 Å². The van der Waals surface area contributed by atoms with Crippen LogP contribution in [0.15, 0.2) is 18.2 Å². The Kier molecular flexibility index (Phi) is 3.81. The minimum Gasteiger partial charge on any atom is -0.454 e. The molecule has 1 aliphatic carbocycles. The fraction of sp³-hybridized carbons (Fsp3) is 0.474. The van der Waals surface area contributed by atoms with Gasteiger partial charge in [0, 0.05) is 44.0 Å². The summed E-state index contributed by atoms with van der Waals surface area (Å²) >= 11 is 0. The van der Waals surface area contributed by atoms with Crippen molar-refractivity contribution in [3.8, 4) is 11.5 Å². The minimum absolute atomic E-state index is 0.0760. The lowest BCUT2D eigenvalue weighted by atomic mass is 10.1. The summed E-state index contributed by atoms with van der Waals surface area (Å²) in [5.74, 6) is 1.71. The molecule has 26 heavy (non-hydrogen) atoms. The number of rotatable bonds is 3. The van der Waals surface area contributed by atoms with Crippen LogP contribution in [-0.2, 0) is 19.4 Å². The molecule has 5 rings (SSSR count). The van der Waals surface area contributed by atoms with E-state index in [1.807, 2.05) is 17.0 Å². The van der Waals surface area contributed by atoms with Crippen molar-refractivity contribution in [2.45, 2.75) is 25.8 Å². The second-order valence-corrected chi connectivity index (χ2v) is 7.14. The van der Waals surface area contributed by atoms with Crippen molar-refractivity contribution in [1.29, 1.82) is 0 Å². The Morgan fingerprint density at radius 1 is 1.12 bits per heavy atom. The van der Waals surface area contributed by atoms with E-state index in [0.717, 1.165) is 74.7 Å². The van der Waals surface area contributed by atoms with Crippen LogP contribution in [0.25, 0.3) is 0 Å². The lowest BCUT2D eigenvalue weighted by molar-refractivity contribution is 0.0621. The average molecular weight is 354 g/mol. The highest BCUT2D eigenvalue weighted by Gasteiger charge is 2.28. The molecule has 1 amide bonds. The van der Waals surface area contributed by atoms with Crippen LogP contribution in [0.1, 0.15) is 33.7 Å².